The van der Waals surface area contributed by atoms with Crippen molar-refractivity contribution in [1.29, 1.82) is 0 Å². The number of carbonyl (C=O) groups is 1. The quantitative estimate of drug-likeness (QED) is 0.419. The fourth-order valence-corrected chi connectivity index (χ4v) is 2.33. The number of nitrogens with one attached hydrogen (secondary N) is 2. The van der Waals surface area contributed by atoms with Gasteiger partial charge in [-0.2, -0.15) is 0 Å². The standard InChI is InChI=1S/C15H30N4O3/c1-4-21-12-6-9-17-14(16-3)18-13-7-10-19(11-8-13)15(20)22-5-2/h13H,4-12H2,1-3H3,(H2,16,17,18). The number of nitrogens with zero attached hydrogens (tertiary/aromatic N) is 2. The van der Waals surface area contributed by atoms with Gasteiger partial charge in [-0.3, -0.25) is 4.99 Å². The number of hydrogen-bond donors (Lipinski definition) is 2. The second kappa shape index (κ2) is 11.1. The van der Waals surface area contributed by atoms with E-state index >= 15 is 0 Å². The summed E-state index contributed by atoms with van der Waals surface area (Å²) in [5, 5.41) is 6.69. The lowest BCUT2D eigenvalue weighted by Crippen LogP contribution is -2.50. The minimum absolute atomic E-state index is 0.209. The van der Waals surface area contributed by atoms with E-state index in [1.807, 2.05) is 13.8 Å². The van der Waals surface area contributed by atoms with E-state index in [-0.39, 0.29) is 6.09 Å². The number of carbonyl (C=O) groups excluding carboxylic acids is 1. The van der Waals surface area contributed by atoms with Gasteiger partial charge in [-0.1, -0.05) is 0 Å². The fraction of sp³-hybridized carbons (Fsp3) is 0.867. The Morgan fingerprint density at radius 3 is 2.59 bits per heavy atom. The molecule has 1 fully saturated rings. The third-order valence-electron chi connectivity index (χ3n) is 3.55. The maximum absolute atomic E-state index is 11.6. The average Bonchev–Trinajstić information content (AvgIpc) is 2.54. The molecule has 1 aliphatic heterocycles. The summed E-state index contributed by atoms with van der Waals surface area (Å²) in [4.78, 5) is 17.6. The van der Waals surface area contributed by atoms with Gasteiger partial charge in [-0.05, 0) is 33.1 Å². The molecule has 0 atom stereocenters. The fourth-order valence-electron chi connectivity index (χ4n) is 2.33. The monoisotopic (exact) mass is 314 g/mol. The van der Waals surface area contributed by atoms with Gasteiger partial charge in [0, 0.05) is 45.9 Å². The van der Waals surface area contributed by atoms with E-state index < -0.39 is 0 Å². The molecule has 2 N–H and O–H groups in total. The smallest absolute Gasteiger partial charge is 0.409 e. The molecule has 7 nitrogen and oxygen atoms in total. The van der Waals surface area contributed by atoms with Crippen LogP contribution in [0.2, 0.25) is 0 Å². The third kappa shape index (κ3) is 6.98. The van der Waals surface area contributed by atoms with E-state index in [9.17, 15) is 4.79 Å². The van der Waals surface area contributed by atoms with Crippen LogP contribution in [0, 0.1) is 0 Å². The molecule has 0 unspecified atom stereocenters. The number of piperidine rings is 1. The highest BCUT2D eigenvalue weighted by Crippen LogP contribution is 2.11. The van der Waals surface area contributed by atoms with Crippen LogP contribution < -0.4 is 10.6 Å². The third-order valence-corrected chi connectivity index (χ3v) is 3.55. The summed E-state index contributed by atoms with van der Waals surface area (Å²) in [7, 11) is 1.77. The molecule has 128 valence electrons. The van der Waals surface area contributed by atoms with E-state index in [0.717, 1.165) is 58.1 Å². The highest BCUT2D eigenvalue weighted by Gasteiger charge is 2.23. The molecule has 0 aromatic heterocycles. The van der Waals surface area contributed by atoms with Crippen LogP contribution in [0.5, 0.6) is 0 Å². The van der Waals surface area contributed by atoms with Crippen molar-refractivity contribution >= 4 is 12.1 Å². The second-order valence-corrected chi connectivity index (χ2v) is 5.15. The lowest BCUT2D eigenvalue weighted by atomic mass is 10.1. The van der Waals surface area contributed by atoms with Crippen molar-refractivity contribution in [2.24, 2.45) is 4.99 Å². The number of hydrogen-bond acceptors (Lipinski definition) is 4. The van der Waals surface area contributed by atoms with Gasteiger partial charge >= 0.3 is 6.09 Å². The Kier molecular flexibility index (Phi) is 9.37. The first-order valence-corrected chi connectivity index (χ1v) is 8.17. The summed E-state index contributed by atoms with van der Waals surface area (Å²) in [6, 6.07) is 0.337. The second-order valence-electron chi connectivity index (χ2n) is 5.15. The summed E-state index contributed by atoms with van der Waals surface area (Å²) in [5.41, 5.74) is 0. The summed E-state index contributed by atoms with van der Waals surface area (Å²) < 4.78 is 10.3. The Labute approximate surface area is 133 Å². The molecule has 1 saturated heterocycles. The topological polar surface area (TPSA) is 75.2 Å². The molecule has 0 radical (unpaired) electrons. The number of amides is 1. The number of aliphatic imine (C=N–C) groups is 1. The highest BCUT2D eigenvalue weighted by molar-refractivity contribution is 5.80. The van der Waals surface area contributed by atoms with Crippen LogP contribution in [0.15, 0.2) is 4.99 Å². The van der Waals surface area contributed by atoms with Crippen molar-refractivity contribution in [2.75, 3.05) is 46.5 Å². The van der Waals surface area contributed by atoms with E-state index in [4.69, 9.17) is 9.47 Å². The zero-order valence-electron chi connectivity index (χ0n) is 14.1. The van der Waals surface area contributed by atoms with Crippen molar-refractivity contribution < 1.29 is 14.3 Å². The normalized spacial score (nSPS) is 16.5. The van der Waals surface area contributed by atoms with Crippen LogP contribution in [0.3, 0.4) is 0 Å². The predicted octanol–water partition coefficient (Wildman–Crippen LogP) is 1.20. The molecule has 0 spiro atoms. The molecule has 1 aliphatic rings. The maximum Gasteiger partial charge on any atom is 0.409 e. The first-order chi connectivity index (χ1) is 10.7. The minimum Gasteiger partial charge on any atom is -0.450 e. The summed E-state index contributed by atoms with van der Waals surface area (Å²) >= 11 is 0. The highest BCUT2D eigenvalue weighted by atomic mass is 16.6. The first-order valence-electron chi connectivity index (χ1n) is 8.17. The predicted molar refractivity (Wildman–Crippen MR) is 87.2 cm³/mol. The van der Waals surface area contributed by atoms with Crippen LogP contribution in [-0.4, -0.2) is 69.5 Å². The molecule has 1 amide bonds. The lowest BCUT2D eigenvalue weighted by molar-refractivity contribution is 0.0963. The van der Waals surface area contributed by atoms with Gasteiger partial charge in [0.25, 0.3) is 0 Å². The van der Waals surface area contributed by atoms with E-state index in [1.165, 1.54) is 0 Å². The molecule has 0 aromatic rings. The van der Waals surface area contributed by atoms with E-state index in [0.29, 0.717) is 12.6 Å². The number of likely N-dealkylation sites (tertiary alicyclic amines) is 1. The Hall–Kier alpha value is -1.50. The van der Waals surface area contributed by atoms with Gasteiger partial charge in [-0.15, -0.1) is 0 Å². The Bertz CT molecular complexity index is 342. The Morgan fingerprint density at radius 2 is 2.00 bits per heavy atom. The van der Waals surface area contributed by atoms with Crippen LogP contribution in [0.4, 0.5) is 4.79 Å². The SMILES string of the molecule is CCOCCCNC(=NC)NC1CCN(C(=O)OCC)CC1. The zero-order valence-corrected chi connectivity index (χ0v) is 14.1. The van der Waals surface area contributed by atoms with Crippen molar-refractivity contribution in [3.05, 3.63) is 0 Å². The maximum atomic E-state index is 11.6. The Balaban J connectivity index is 2.22. The van der Waals surface area contributed by atoms with Gasteiger partial charge < -0.3 is 25.0 Å². The molecule has 0 aliphatic carbocycles. The van der Waals surface area contributed by atoms with Crippen LogP contribution in [0.25, 0.3) is 0 Å². The molecule has 1 heterocycles. The van der Waals surface area contributed by atoms with Crippen LogP contribution >= 0.6 is 0 Å². The van der Waals surface area contributed by atoms with E-state index in [1.54, 1.807) is 11.9 Å². The minimum atomic E-state index is -0.209. The zero-order chi connectivity index (χ0) is 16.2. The van der Waals surface area contributed by atoms with Gasteiger partial charge in [0.2, 0.25) is 0 Å². The largest absolute Gasteiger partial charge is 0.450 e. The molecular formula is C15H30N4O3. The van der Waals surface area contributed by atoms with Crippen molar-refractivity contribution in [2.45, 2.75) is 39.2 Å². The van der Waals surface area contributed by atoms with E-state index in [2.05, 4.69) is 15.6 Å². The van der Waals surface area contributed by atoms with Crippen LogP contribution in [0.1, 0.15) is 33.1 Å². The molecule has 0 bridgehead atoms. The summed E-state index contributed by atoms with van der Waals surface area (Å²) in [5.74, 6) is 0.811. The molecule has 22 heavy (non-hydrogen) atoms. The molecule has 0 aromatic carbocycles. The van der Waals surface area contributed by atoms with Crippen molar-refractivity contribution in [3.8, 4) is 0 Å². The molecular weight excluding hydrogens is 284 g/mol. The van der Waals surface area contributed by atoms with Crippen molar-refractivity contribution in [3.63, 3.8) is 0 Å². The lowest BCUT2D eigenvalue weighted by Gasteiger charge is -2.32. The average molecular weight is 314 g/mol. The number of ether oxygens (including phenoxy) is 2. The summed E-state index contributed by atoms with van der Waals surface area (Å²) in [6.07, 6.45) is 2.55. The van der Waals surface area contributed by atoms with Gasteiger partial charge in [-0.25, -0.2) is 4.79 Å². The van der Waals surface area contributed by atoms with Gasteiger partial charge in [0.05, 0.1) is 6.61 Å². The Morgan fingerprint density at radius 1 is 1.27 bits per heavy atom. The van der Waals surface area contributed by atoms with Gasteiger partial charge in [0.15, 0.2) is 5.96 Å². The number of guanidine groups is 1. The molecule has 1 rings (SSSR count). The molecule has 7 heteroatoms. The molecule has 0 saturated carbocycles. The first kappa shape index (κ1) is 18.5. The van der Waals surface area contributed by atoms with Crippen molar-refractivity contribution in [1.82, 2.24) is 15.5 Å². The number of rotatable bonds is 7. The van der Waals surface area contributed by atoms with Gasteiger partial charge in [0.1, 0.15) is 0 Å². The summed E-state index contributed by atoms with van der Waals surface area (Å²) in [6.45, 7) is 8.04. The van der Waals surface area contributed by atoms with Crippen LogP contribution in [-0.2, 0) is 9.47 Å².